The number of carbonyl (C=O) groups is 1. The number of nitrogens with one attached hydrogen (secondary N) is 2. The van der Waals surface area contributed by atoms with Crippen molar-refractivity contribution >= 4 is 23.0 Å². The Labute approximate surface area is 188 Å². The molecule has 0 unspecified atom stereocenters. The third-order valence-corrected chi connectivity index (χ3v) is 6.05. The lowest BCUT2D eigenvalue weighted by Crippen LogP contribution is -2.25. The first-order chi connectivity index (χ1) is 15.6. The van der Waals surface area contributed by atoms with Gasteiger partial charge in [0, 0.05) is 36.0 Å². The van der Waals surface area contributed by atoms with E-state index in [9.17, 15) is 28.2 Å². The summed E-state index contributed by atoms with van der Waals surface area (Å²) in [7, 11) is 0. The molecule has 2 aliphatic rings. The maximum Gasteiger partial charge on any atom is 0.391 e. The predicted octanol–water partition coefficient (Wildman–Crippen LogP) is 3.46. The number of aliphatic hydroxyl groups is 1. The highest BCUT2D eigenvalue weighted by Crippen LogP contribution is 2.37. The number of hydrogen-bond acceptors (Lipinski definition) is 6. The number of rotatable bonds is 6. The molecule has 178 valence electrons. The van der Waals surface area contributed by atoms with Gasteiger partial charge in [-0.3, -0.25) is 0 Å². The van der Waals surface area contributed by atoms with Gasteiger partial charge in [-0.25, -0.2) is 14.3 Å². The molecule has 0 spiro atoms. The van der Waals surface area contributed by atoms with Gasteiger partial charge in [0.1, 0.15) is 0 Å². The fourth-order valence-corrected chi connectivity index (χ4v) is 4.47. The van der Waals surface area contributed by atoms with Gasteiger partial charge in [-0.1, -0.05) is 0 Å². The van der Waals surface area contributed by atoms with E-state index in [-0.39, 0.29) is 23.5 Å². The van der Waals surface area contributed by atoms with Crippen LogP contribution in [0, 0.1) is 0 Å². The van der Waals surface area contributed by atoms with Crippen molar-refractivity contribution in [3.63, 3.8) is 0 Å². The molecule has 4 rings (SSSR count). The molecule has 2 aromatic rings. The van der Waals surface area contributed by atoms with E-state index in [1.165, 1.54) is 13.1 Å². The fourth-order valence-electron chi connectivity index (χ4n) is 4.47. The molecule has 1 atom stereocenters. The number of dihydropyridines is 1. The van der Waals surface area contributed by atoms with Crippen LogP contribution in [-0.4, -0.2) is 55.6 Å². The quantitative estimate of drug-likeness (QED) is 0.517. The van der Waals surface area contributed by atoms with Crippen LogP contribution in [0.15, 0.2) is 30.1 Å². The number of aromatic nitrogens is 3. The van der Waals surface area contributed by atoms with E-state index in [0.717, 1.165) is 29.7 Å². The minimum atomic E-state index is -4.30. The number of halogens is 3. The van der Waals surface area contributed by atoms with E-state index in [4.69, 9.17) is 0 Å². The van der Waals surface area contributed by atoms with Crippen molar-refractivity contribution < 1.29 is 28.2 Å². The van der Waals surface area contributed by atoms with Crippen molar-refractivity contribution in [3.05, 3.63) is 41.4 Å². The summed E-state index contributed by atoms with van der Waals surface area (Å²) in [5.41, 5.74) is 3.16. The molecule has 2 aromatic heterocycles. The van der Waals surface area contributed by atoms with Crippen LogP contribution in [-0.2, 0) is 4.79 Å². The minimum Gasteiger partial charge on any atom is -0.478 e. The van der Waals surface area contributed by atoms with Gasteiger partial charge < -0.3 is 20.8 Å². The molecule has 0 amide bonds. The molecule has 11 heteroatoms. The Morgan fingerprint density at radius 1 is 1.33 bits per heavy atom. The summed E-state index contributed by atoms with van der Waals surface area (Å²) in [5.74, 6) is -0.858. The van der Waals surface area contributed by atoms with Gasteiger partial charge in [0.2, 0.25) is 5.95 Å². The molecule has 0 bridgehead atoms. The molecule has 33 heavy (non-hydrogen) atoms. The molecular formula is C22H26F3N5O3. The number of aliphatic carboxylic acids is 1. The van der Waals surface area contributed by atoms with Crippen molar-refractivity contribution in [1.82, 2.24) is 19.9 Å². The molecule has 0 aromatic carbocycles. The van der Waals surface area contributed by atoms with Crippen LogP contribution >= 0.6 is 0 Å². The fraction of sp³-hybridized carbons (Fsp3) is 0.500. The Bertz CT molecular complexity index is 1100. The molecule has 1 saturated carbocycles. The summed E-state index contributed by atoms with van der Waals surface area (Å²) < 4.78 is 39.9. The normalized spacial score (nSPS) is 22.3. The van der Waals surface area contributed by atoms with E-state index < -0.39 is 24.6 Å². The van der Waals surface area contributed by atoms with Crippen LogP contribution in [0.5, 0.6) is 0 Å². The zero-order chi connectivity index (χ0) is 23.8. The molecule has 1 fully saturated rings. The number of alkyl halides is 3. The zero-order valence-corrected chi connectivity index (χ0v) is 18.1. The Kier molecular flexibility index (Phi) is 6.33. The highest BCUT2D eigenvalue weighted by molar-refractivity contribution is 5.95. The topological polar surface area (TPSA) is 112 Å². The second kappa shape index (κ2) is 9.05. The monoisotopic (exact) mass is 465 g/mol. The SMILES string of the molecule is C[C@@H](CC(F)(F)F)Nc1ncc2c(C3=CC(C(=O)O)=CNC3)cc(C3CCC(O)CC3)n2n1. The maximum absolute atomic E-state index is 12.7. The van der Waals surface area contributed by atoms with Gasteiger partial charge in [0.05, 0.1) is 29.8 Å². The Morgan fingerprint density at radius 2 is 2.06 bits per heavy atom. The molecule has 4 N–H and O–H groups in total. The minimum absolute atomic E-state index is 0.0837. The Hall–Kier alpha value is -3.08. The van der Waals surface area contributed by atoms with Crippen LogP contribution in [0.1, 0.15) is 56.2 Å². The number of nitrogens with zero attached hydrogens (tertiary/aromatic N) is 3. The first-order valence-electron chi connectivity index (χ1n) is 10.9. The molecule has 0 saturated heterocycles. The highest BCUT2D eigenvalue weighted by Gasteiger charge is 2.31. The summed E-state index contributed by atoms with van der Waals surface area (Å²) in [6, 6.07) is 1.05. The first kappa shape index (κ1) is 23.1. The maximum atomic E-state index is 12.7. The van der Waals surface area contributed by atoms with Gasteiger partial charge in [0.25, 0.3) is 0 Å². The van der Waals surface area contributed by atoms with Crippen molar-refractivity contribution in [3.8, 4) is 0 Å². The summed E-state index contributed by atoms with van der Waals surface area (Å²) in [5, 5.41) is 29.4. The third kappa shape index (κ3) is 5.29. The molecule has 8 nitrogen and oxygen atoms in total. The predicted molar refractivity (Wildman–Crippen MR) is 116 cm³/mol. The molecule has 0 radical (unpaired) electrons. The third-order valence-electron chi connectivity index (χ3n) is 6.05. The first-order valence-corrected chi connectivity index (χ1v) is 10.9. The van der Waals surface area contributed by atoms with Crippen LogP contribution in [0.2, 0.25) is 0 Å². The lowest BCUT2D eigenvalue weighted by molar-refractivity contribution is -0.136. The standard InChI is InChI=1S/C22H26F3N5O3/c1-12(8-22(23,24)25)28-21-27-11-19-17(14-6-15(20(32)33)10-26-9-14)7-18(30(19)29-21)13-2-4-16(31)5-3-13/h6-7,10-13,16,26,31H,2-5,8-9H2,1H3,(H,28,29)(H,32,33)/t12-,13?,16?/m0/s1. The van der Waals surface area contributed by atoms with Crippen LogP contribution < -0.4 is 10.6 Å². The van der Waals surface area contributed by atoms with Gasteiger partial charge in [-0.15, -0.1) is 5.10 Å². The van der Waals surface area contributed by atoms with Crippen LogP contribution in [0.25, 0.3) is 11.1 Å². The second-order valence-electron chi connectivity index (χ2n) is 8.69. The summed E-state index contributed by atoms with van der Waals surface area (Å²) in [6.07, 6.45) is 1.74. The van der Waals surface area contributed by atoms with Gasteiger partial charge >= 0.3 is 12.1 Å². The molecular weight excluding hydrogens is 439 g/mol. The lowest BCUT2D eigenvalue weighted by Gasteiger charge is -2.25. The second-order valence-corrected chi connectivity index (χ2v) is 8.69. The highest BCUT2D eigenvalue weighted by atomic mass is 19.4. The van der Waals surface area contributed by atoms with Crippen molar-refractivity contribution in [2.24, 2.45) is 0 Å². The summed E-state index contributed by atoms with van der Waals surface area (Å²) in [6.45, 7) is 1.84. The van der Waals surface area contributed by atoms with Crippen molar-refractivity contribution in [2.45, 2.75) is 63.3 Å². The van der Waals surface area contributed by atoms with E-state index in [1.807, 2.05) is 6.07 Å². The van der Waals surface area contributed by atoms with Gasteiger partial charge in [-0.2, -0.15) is 13.2 Å². The molecule has 1 aliphatic heterocycles. The number of carboxylic acids is 1. The number of hydrogen-bond donors (Lipinski definition) is 4. The van der Waals surface area contributed by atoms with Crippen LogP contribution in [0.4, 0.5) is 19.1 Å². The number of carboxylic acid groups (broad SMARTS) is 1. The summed E-state index contributed by atoms with van der Waals surface area (Å²) in [4.78, 5) is 15.7. The van der Waals surface area contributed by atoms with Gasteiger partial charge in [-0.05, 0) is 50.3 Å². The number of aliphatic hydroxyl groups excluding tert-OH is 1. The van der Waals surface area contributed by atoms with E-state index >= 15 is 0 Å². The van der Waals surface area contributed by atoms with Crippen LogP contribution in [0.3, 0.4) is 0 Å². The van der Waals surface area contributed by atoms with E-state index in [2.05, 4.69) is 20.7 Å². The lowest BCUT2D eigenvalue weighted by atomic mass is 9.85. The summed E-state index contributed by atoms with van der Waals surface area (Å²) >= 11 is 0. The smallest absolute Gasteiger partial charge is 0.391 e. The van der Waals surface area contributed by atoms with E-state index in [0.29, 0.717) is 24.9 Å². The zero-order valence-electron chi connectivity index (χ0n) is 18.1. The Morgan fingerprint density at radius 3 is 2.73 bits per heavy atom. The largest absolute Gasteiger partial charge is 0.478 e. The number of fused-ring (bicyclic) bond motifs is 1. The average molecular weight is 465 g/mol. The van der Waals surface area contributed by atoms with Crippen molar-refractivity contribution in [1.29, 1.82) is 0 Å². The average Bonchev–Trinajstić information content (AvgIpc) is 3.12. The molecule has 1 aliphatic carbocycles. The van der Waals surface area contributed by atoms with Crippen molar-refractivity contribution in [2.75, 3.05) is 11.9 Å². The number of anilines is 1. The molecule has 3 heterocycles. The van der Waals surface area contributed by atoms with Gasteiger partial charge in [0.15, 0.2) is 0 Å². The van der Waals surface area contributed by atoms with E-state index in [1.54, 1.807) is 16.8 Å². The Balaban J connectivity index is 1.73.